The van der Waals surface area contributed by atoms with Gasteiger partial charge in [0.1, 0.15) is 5.82 Å². The van der Waals surface area contributed by atoms with Gasteiger partial charge in [-0.3, -0.25) is 9.89 Å². The number of tetrazole rings is 1. The van der Waals surface area contributed by atoms with Crippen LogP contribution < -0.4 is 0 Å². The van der Waals surface area contributed by atoms with Crippen LogP contribution in [-0.2, 0) is 13.1 Å². The second kappa shape index (κ2) is 6.61. The summed E-state index contributed by atoms with van der Waals surface area (Å²) in [6, 6.07) is 7.50. The van der Waals surface area contributed by atoms with Crippen molar-refractivity contribution in [2.45, 2.75) is 26.9 Å². The number of H-pyrrole nitrogens is 1. The largest absolute Gasteiger partial charge is 0.337 e. The van der Waals surface area contributed by atoms with Gasteiger partial charge in [0.25, 0.3) is 5.91 Å². The summed E-state index contributed by atoms with van der Waals surface area (Å²) in [5.41, 5.74) is 3.67. The molecule has 8 nitrogen and oxygen atoms in total. The highest BCUT2D eigenvalue weighted by Crippen LogP contribution is 2.12. The standard InChI is InChI=1S/C16H19N7O/c1-11-15(8-17-18-11)10-22(3)16(24)14-6-4-13(5-7-14)9-23-12(2)19-20-21-23/h4-8H,9-10H2,1-3H3,(H,17,18). The molecule has 124 valence electrons. The number of nitrogens with zero attached hydrogens (tertiary/aromatic N) is 6. The Labute approximate surface area is 139 Å². The van der Waals surface area contributed by atoms with E-state index >= 15 is 0 Å². The van der Waals surface area contributed by atoms with Gasteiger partial charge in [-0.1, -0.05) is 12.1 Å². The van der Waals surface area contributed by atoms with E-state index in [0.29, 0.717) is 18.7 Å². The first kappa shape index (κ1) is 15.9. The number of aromatic nitrogens is 6. The van der Waals surface area contributed by atoms with Gasteiger partial charge in [0.2, 0.25) is 0 Å². The molecule has 8 heteroatoms. The summed E-state index contributed by atoms with van der Waals surface area (Å²) in [6.07, 6.45) is 1.75. The Morgan fingerprint density at radius 3 is 2.58 bits per heavy atom. The van der Waals surface area contributed by atoms with Crippen LogP contribution in [0.1, 0.15) is 33.0 Å². The zero-order valence-electron chi connectivity index (χ0n) is 13.9. The number of carbonyl (C=O) groups excluding carboxylic acids is 1. The third-order valence-electron chi connectivity index (χ3n) is 3.93. The molecule has 1 amide bonds. The van der Waals surface area contributed by atoms with Crippen molar-refractivity contribution < 1.29 is 4.79 Å². The normalized spacial score (nSPS) is 10.8. The van der Waals surface area contributed by atoms with Gasteiger partial charge in [-0.2, -0.15) is 5.10 Å². The molecule has 0 saturated carbocycles. The van der Waals surface area contributed by atoms with Crippen molar-refractivity contribution in [3.63, 3.8) is 0 Å². The number of rotatable bonds is 5. The van der Waals surface area contributed by atoms with Crippen molar-refractivity contribution in [2.75, 3.05) is 7.05 Å². The van der Waals surface area contributed by atoms with E-state index in [1.54, 1.807) is 22.8 Å². The highest BCUT2D eigenvalue weighted by atomic mass is 16.2. The lowest BCUT2D eigenvalue weighted by atomic mass is 10.1. The van der Waals surface area contributed by atoms with Crippen molar-refractivity contribution in [3.8, 4) is 0 Å². The Balaban J connectivity index is 1.67. The van der Waals surface area contributed by atoms with Crippen molar-refractivity contribution in [3.05, 3.63) is 58.7 Å². The van der Waals surface area contributed by atoms with E-state index in [4.69, 9.17) is 0 Å². The summed E-state index contributed by atoms with van der Waals surface area (Å²) in [6.45, 7) is 4.89. The second-order valence-corrected chi connectivity index (χ2v) is 5.76. The maximum absolute atomic E-state index is 12.5. The molecular weight excluding hydrogens is 306 g/mol. The van der Waals surface area contributed by atoms with Gasteiger partial charge in [-0.15, -0.1) is 5.10 Å². The van der Waals surface area contributed by atoms with E-state index in [-0.39, 0.29) is 5.91 Å². The van der Waals surface area contributed by atoms with Crippen LogP contribution in [0.3, 0.4) is 0 Å². The van der Waals surface area contributed by atoms with Crippen LogP contribution in [0.25, 0.3) is 0 Å². The molecule has 0 fully saturated rings. The number of benzene rings is 1. The molecule has 1 aromatic carbocycles. The zero-order chi connectivity index (χ0) is 17.1. The Bertz CT molecular complexity index is 834. The van der Waals surface area contributed by atoms with Crippen LogP contribution >= 0.6 is 0 Å². The SMILES string of the molecule is Cc1[nH]ncc1CN(C)C(=O)c1ccc(Cn2nnnc2C)cc1. The molecule has 2 aromatic heterocycles. The molecule has 3 rings (SSSR count). The fraction of sp³-hybridized carbons (Fsp3) is 0.312. The molecule has 2 heterocycles. The number of nitrogens with one attached hydrogen (secondary N) is 1. The summed E-state index contributed by atoms with van der Waals surface area (Å²) >= 11 is 0. The van der Waals surface area contributed by atoms with E-state index in [9.17, 15) is 4.79 Å². The Morgan fingerprint density at radius 2 is 2.00 bits per heavy atom. The van der Waals surface area contributed by atoms with Crippen LogP contribution in [0, 0.1) is 13.8 Å². The lowest BCUT2D eigenvalue weighted by molar-refractivity contribution is 0.0785. The maximum atomic E-state index is 12.5. The lowest BCUT2D eigenvalue weighted by Crippen LogP contribution is -2.26. The minimum atomic E-state index is -0.0271. The highest BCUT2D eigenvalue weighted by molar-refractivity contribution is 5.94. The van der Waals surface area contributed by atoms with E-state index in [1.807, 2.05) is 38.1 Å². The minimum Gasteiger partial charge on any atom is -0.337 e. The van der Waals surface area contributed by atoms with E-state index < -0.39 is 0 Å². The second-order valence-electron chi connectivity index (χ2n) is 5.76. The summed E-state index contributed by atoms with van der Waals surface area (Å²) in [5, 5.41) is 18.3. The number of hydrogen-bond acceptors (Lipinski definition) is 5. The monoisotopic (exact) mass is 325 g/mol. The van der Waals surface area contributed by atoms with Gasteiger partial charge in [-0.05, 0) is 42.0 Å². The molecule has 0 spiro atoms. The summed E-state index contributed by atoms with van der Waals surface area (Å²) in [7, 11) is 1.78. The first-order chi connectivity index (χ1) is 11.5. The lowest BCUT2D eigenvalue weighted by Gasteiger charge is -2.17. The van der Waals surface area contributed by atoms with Crippen molar-refractivity contribution in [1.29, 1.82) is 0 Å². The van der Waals surface area contributed by atoms with Crippen molar-refractivity contribution >= 4 is 5.91 Å². The number of amides is 1. The van der Waals surface area contributed by atoms with Gasteiger partial charge >= 0.3 is 0 Å². The van der Waals surface area contributed by atoms with Crippen LogP contribution in [0.4, 0.5) is 0 Å². The number of carbonyl (C=O) groups is 1. The molecule has 0 atom stereocenters. The molecule has 0 unspecified atom stereocenters. The third-order valence-corrected chi connectivity index (χ3v) is 3.93. The minimum absolute atomic E-state index is 0.0271. The molecule has 0 saturated heterocycles. The maximum Gasteiger partial charge on any atom is 0.253 e. The number of hydrogen-bond donors (Lipinski definition) is 1. The van der Waals surface area contributed by atoms with E-state index in [1.165, 1.54) is 0 Å². The summed E-state index contributed by atoms with van der Waals surface area (Å²) in [5.74, 6) is 0.728. The van der Waals surface area contributed by atoms with Crippen LogP contribution in [0.15, 0.2) is 30.5 Å². The predicted octanol–water partition coefficient (Wildman–Crippen LogP) is 1.33. The van der Waals surface area contributed by atoms with Gasteiger partial charge in [0, 0.05) is 30.4 Å². The third kappa shape index (κ3) is 3.32. The average molecular weight is 325 g/mol. The quantitative estimate of drug-likeness (QED) is 0.764. The van der Waals surface area contributed by atoms with Crippen molar-refractivity contribution in [2.24, 2.45) is 0 Å². The Hall–Kier alpha value is -3.03. The predicted molar refractivity (Wildman–Crippen MR) is 87.2 cm³/mol. The first-order valence-electron chi connectivity index (χ1n) is 7.60. The Morgan fingerprint density at radius 1 is 1.25 bits per heavy atom. The first-order valence-corrected chi connectivity index (χ1v) is 7.60. The zero-order valence-corrected chi connectivity index (χ0v) is 13.9. The Kier molecular flexibility index (Phi) is 4.37. The smallest absolute Gasteiger partial charge is 0.253 e. The summed E-state index contributed by atoms with van der Waals surface area (Å²) < 4.78 is 1.71. The van der Waals surface area contributed by atoms with Gasteiger partial charge in [0.05, 0.1) is 12.7 Å². The van der Waals surface area contributed by atoms with E-state index in [2.05, 4.69) is 25.7 Å². The molecule has 24 heavy (non-hydrogen) atoms. The fourth-order valence-electron chi connectivity index (χ4n) is 2.40. The molecule has 0 aliphatic carbocycles. The number of aryl methyl sites for hydroxylation is 2. The molecule has 0 aliphatic rings. The average Bonchev–Trinajstić information content (AvgIpc) is 3.16. The van der Waals surface area contributed by atoms with Crippen molar-refractivity contribution in [1.82, 2.24) is 35.3 Å². The molecule has 1 N–H and O–H groups in total. The van der Waals surface area contributed by atoms with Gasteiger partial charge in [-0.25, -0.2) is 4.68 Å². The molecule has 0 radical (unpaired) electrons. The topological polar surface area (TPSA) is 92.6 Å². The van der Waals surface area contributed by atoms with Gasteiger partial charge < -0.3 is 4.90 Å². The summed E-state index contributed by atoms with van der Waals surface area (Å²) in [4.78, 5) is 14.2. The molecule has 3 aromatic rings. The van der Waals surface area contributed by atoms with Crippen LogP contribution in [0.2, 0.25) is 0 Å². The molecule has 0 aliphatic heterocycles. The number of aromatic amines is 1. The van der Waals surface area contributed by atoms with Crippen LogP contribution in [-0.4, -0.2) is 48.3 Å². The highest BCUT2D eigenvalue weighted by Gasteiger charge is 2.14. The fourth-order valence-corrected chi connectivity index (χ4v) is 2.40. The van der Waals surface area contributed by atoms with Gasteiger partial charge in [0.15, 0.2) is 0 Å². The molecular formula is C16H19N7O. The van der Waals surface area contributed by atoms with E-state index in [0.717, 1.165) is 22.6 Å². The molecule has 0 bridgehead atoms. The van der Waals surface area contributed by atoms with Crippen LogP contribution in [0.5, 0.6) is 0 Å².